The minimum absolute atomic E-state index is 0.0598. The molecule has 25 heavy (non-hydrogen) atoms. The van der Waals surface area contributed by atoms with E-state index in [1.807, 2.05) is 0 Å². The van der Waals surface area contributed by atoms with E-state index in [-0.39, 0.29) is 30.5 Å². The molecule has 0 spiro atoms. The fraction of sp³-hybridized carbons (Fsp3) is 0.412. The molecule has 0 saturated heterocycles. The van der Waals surface area contributed by atoms with Crippen LogP contribution in [0.25, 0.3) is 0 Å². The molecule has 0 radical (unpaired) electrons. The zero-order chi connectivity index (χ0) is 19.1. The first-order chi connectivity index (χ1) is 11.6. The van der Waals surface area contributed by atoms with Gasteiger partial charge in [0.1, 0.15) is 6.04 Å². The van der Waals surface area contributed by atoms with Gasteiger partial charge in [-0.25, -0.2) is 4.79 Å². The molecule has 0 heterocycles. The van der Waals surface area contributed by atoms with Crippen molar-refractivity contribution in [2.75, 3.05) is 27.2 Å². The topological polar surface area (TPSA) is 107 Å². The highest BCUT2D eigenvalue weighted by Crippen LogP contribution is 2.11. The van der Waals surface area contributed by atoms with E-state index in [2.05, 4.69) is 5.32 Å². The van der Waals surface area contributed by atoms with Gasteiger partial charge in [-0.2, -0.15) is 0 Å². The molecule has 0 aliphatic carbocycles. The number of nitrogens with zero attached hydrogens (tertiary/aromatic N) is 2. The lowest BCUT2D eigenvalue weighted by Gasteiger charge is -2.26. The van der Waals surface area contributed by atoms with Gasteiger partial charge in [0.15, 0.2) is 0 Å². The standard InChI is InChI=1S/C17H23N3O5/c1-11(17(24)25)20(10-9-18-12(2)21)16(23)14-7-5-13(6-8-14)15(22)19(3)4/h5-8,11H,9-10H2,1-4H3,(H,18,21)(H,24,25). The van der Waals surface area contributed by atoms with Crippen molar-refractivity contribution in [3.05, 3.63) is 35.4 Å². The zero-order valence-corrected chi connectivity index (χ0v) is 14.8. The predicted octanol–water partition coefficient (Wildman–Crippen LogP) is 0.440. The first kappa shape index (κ1) is 20.1. The van der Waals surface area contributed by atoms with E-state index in [1.54, 1.807) is 14.1 Å². The van der Waals surface area contributed by atoms with Crippen LogP contribution in [0.5, 0.6) is 0 Å². The summed E-state index contributed by atoms with van der Waals surface area (Å²) in [7, 11) is 3.25. The van der Waals surface area contributed by atoms with Crippen LogP contribution in [-0.4, -0.2) is 71.8 Å². The average molecular weight is 349 g/mol. The summed E-state index contributed by atoms with van der Waals surface area (Å²) in [5, 5.41) is 11.7. The molecule has 0 aliphatic rings. The summed E-state index contributed by atoms with van der Waals surface area (Å²) < 4.78 is 0. The fourth-order valence-corrected chi connectivity index (χ4v) is 2.14. The lowest BCUT2D eigenvalue weighted by atomic mass is 10.1. The van der Waals surface area contributed by atoms with E-state index in [9.17, 15) is 24.3 Å². The minimum Gasteiger partial charge on any atom is -0.480 e. The van der Waals surface area contributed by atoms with Crippen molar-refractivity contribution >= 4 is 23.7 Å². The van der Waals surface area contributed by atoms with Gasteiger partial charge in [-0.15, -0.1) is 0 Å². The Bertz CT molecular complexity index is 655. The first-order valence-corrected chi connectivity index (χ1v) is 7.75. The number of aliphatic carboxylic acids is 1. The van der Waals surface area contributed by atoms with Crippen molar-refractivity contribution in [3.63, 3.8) is 0 Å². The van der Waals surface area contributed by atoms with Crippen LogP contribution in [0.3, 0.4) is 0 Å². The van der Waals surface area contributed by atoms with E-state index in [1.165, 1.54) is 47.9 Å². The number of rotatable bonds is 7. The van der Waals surface area contributed by atoms with Gasteiger partial charge < -0.3 is 20.2 Å². The van der Waals surface area contributed by atoms with Gasteiger partial charge in [0.2, 0.25) is 5.91 Å². The highest BCUT2D eigenvalue weighted by Gasteiger charge is 2.26. The lowest BCUT2D eigenvalue weighted by Crippen LogP contribution is -2.46. The van der Waals surface area contributed by atoms with Crippen molar-refractivity contribution in [2.24, 2.45) is 0 Å². The molecule has 2 N–H and O–H groups in total. The van der Waals surface area contributed by atoms with Crippen LogP contribution < -0.4 is 5.32 Å². The molecule has 3 amide bonds. The van der Waals surface area contributed by atoms with E-state index in [4.69, 9.17) is 0 Å². The molecule has 1 rings (SSSR count). The Morgan fingerprint density at radius 3 is 1.92 bits per heavy atom. The Kier molecular flexibility index (Phi) is 7.10. The maximum Gasteiger partial charge on any atom is 0.326 e. The van der Waals surface area contributed by atoms with Crippen LogP contribution in [0.4, 0.5) is 0 Å². The summed E-state index contributed by atoms with van der Waals surface area (Å²) in [6.45, 7) is 2.95. The largest absolute Gasteiger partial charge is 0.480 e. The number of nitrogens with one attached hydrogen (secondary N) is 1. The Hall–Kier alpha value is -2.90. The second-order valence-electron chi connectivity index (χ2n) is 5.77. The van der Waals surface area contributed by atoms with Crippen molar-refractivity contribution in [1.29, 1.82) is 0 Å². The Labute approximate surface area is 146 Å². The summed E-state index contributed by atoms with van der Waals surface area (Å²) in [5.74, 6) is -2.08. The summed E-state index contributed by atoms with van der Waals surface area (Å²) in [5.41, 5.74) is 0.698. The average Bonchev–Trinajstić information content (AvgIpc) is 2.56. The highest BCUT2D eigenvalue weighted by atomic mass is 16.4. The third-order valence-electron chi connectivity index (χ3n) is 3.60. The molecule has 0 saturated carbocycles. The number of hydrogen-bond acceptors (Lipinski definition) is 4. The van der Waals surface area contributed by atoms with Crippen LogP contribution in [0.2, 0.25) is 0 Å². The summed E-state index contributed by atoms with van der Waals surface area (Å²) >= 11 is 0. The van der Waals surface area contributed by atoms with Crippen LogP contribution in [0, 0.1) is 0 Å². The number of carboxylic acid groups (broad SMARTS) is 1. The normalized spacial score (nSPS) is 11.4. The highest BCUT2D eigenvalue weighted by molar-refractivity contribution is 5.99. The molecule has 1 atom stereocenters. The molecule has 8 heteroatoms. The quantitative estimate of drug-likeness (QED) is 0.743. The fourth-order valence-electron chi connectivity index (χ4n) is 2.14. The smallest absolute Gasteiger partial charge is 0.326 e. The Morgan fingerprint density at radius 2 is 1.52 bits per heavy atom. The van der Waals surface area contributed by atoms with Gasteiger partial charge in [0.25, 0.3) is 11.8 Å². The molecular weight excluding hydrogens is 326 g/mol. The third-order valence-corrected chi connectivity index (χ3v) is 3.60. The van der Waals surface area contributed by atoms with Crippen molar-refractivity contribution in [3.8, 4) is 0 Å². The molecule has 8 nitrogen and oxygen atoms in total. The number of carbonyl (C=O) groups is 4. The molecule has 1 aromatic rings. The van der Waals surface area contributed by atoms with Crippen LogP contribution in [0.1, 0.15) is 34.6 Å². The molecule has 136 valence electrons. The van der Waals surface area contributed by atoms with E-state index < -0.39 is 17.9 Å². The number of amides is 3. The second kappa shape index (κ2) is 8.81. The van der Waals surface area contributed by atoms with E-state index >= 15 is 0 Å². The zero-order valence-electron chi connectivity index (χ0n) is 14.8. The maximum absolute atomic E-state index is 12.6. The molecule has 1 unspecified atom stereocenters. The number of carboxylic acids is 1. The molecule has 0 aromatic heterocycles. The van der Waals surface area contributed by atoms with Crippen molar-refractivity contribution in [1.82, 2.24) is 15.1 Å². The van der Waals surface area contributed by atoms with Crippen molar-refractivity contribution < 1.29 is 24.3 Å². The van der Waals surface area contributed by atoms with E-state index in [0.717, 1.165) is 0 Å². The second-order valence-corrected chi connectivity index (χ2v) is 5.77. The van der Waals surface area contributed by atoms with Gasteiger partial charge >= 0.3 is 5.97 Å². The van der Waals surface area contributed by atoms with Crippen molar-refractivity contribution in [2.45, 2.75) is 19.9 Å². The first-order valence-electron chi connectivity index (χ1n) is 7.75. The Morgan fingerprint density at radius 1 is 1.04 bits per heavy atom. The molecule has 0 fully saturated rings. The minimum atomic E-state index is -1.14. The van der Waals surface area contributed by atoms with Gasteiger partial charge in [-0.3, -0.25) is 14.4 Å². The number of benzene rings is 1. The van der Waals surface area contributed by atoms with Gasteiger partial charge in [0, 0.05) is 45.2 Å². The molecule has 0 aliphatic heterocycles. The van der Waals surface area contributed by atoms with Gasteiger partial charge in [-0.1, -0.05) is 0 Å². The Balaban J connectivity index is 2.97. The summed E-state index contributed by atoms with van der Waals surface area (Å²) in [6.07, 6.45) is 0. The van der Waals surface area contributed by atoms with Crippen LogP contribution in [-0.2, 0) is 9.59 Å². The predicted molar refractivity (Wildman–Crippen MR) is 91.3 cm³/mol. The third kappa shape index (κ3) is 5.59. The monoisotopic (exact) mass is 349 g/mol. The molecular formula is C17H23N3O5. The summed E-state index contributed by atoms with van der Waals surface area (Å²) in [6, 6.07) is 4.96. The van der Waals surface area contributed by atoms with Gasteiger partial charge in [-0.05, 0) is 31.2 Å². The number of hydrogen-bond donors (Lipinski definition) is 2. The maximum atomic E-state index is 12.6. The van der Waals surface area contributed by atoms with Gasteiger partial charge in [0.05, 0.1) is 0 Å². The SMILES string of the molecule is CC(=O)NCCN(C(=O)c1ccc(C(=O)N(C)C)cc1)C(C)C(=O)O. The number of carbonyl (C=O) groups excluding carboxylic acids is 3. The van der Waals surface area contributed by atoms with Crippen LogP contribution >= 0.6 is 0 Å². The summed E-state index contributed by atoms with van der Waals surface area (Å²) in [4.78, 5) is 49.3. The lowest BCUT2D eigenvalue weighted by molar-refractivity contribution is -0.141. The molecule has 1 aromatic carbocycles. The molecule has 0 bridgehead atoms. The van der Waals surface area contributed by atoms with Crippen LogP contribution in [0.15, 0.2) is 24.3 Å². The van der Waals surface area contributed by atoms with E-state index in [0.29, 0.717) is 5.56 Å².